The molecule has 10 aromatic rings. The van der Waals surface area contributed by atoms with Crippen molar-refractivity contribution in [3.8, 4) is 22.3 Å². The number of furan rings is 2. The molecule has 3 heteroatoms. The smallest absolute Gasteiger partial charge is 0.143 e. The molecule has 0 aliphatic heterocycles. The van der Waals surface area contributed by atoms with Gasteiger partial charge < -0.3 is 8.83 Å². The Kier molecular flexibility index (Phi) is 4.63. The summed E-state index contributed by atoms with van der Waals surface area (Å²) >= 11 is 1.87. The van der Waals surface area contributed by atoms with E-state index in [0.717, 1.165) is 38.5 Å². The van der Waals surface area contributed by atoms with Crippen molar-refractivity contribution in [1.29, 1.82) is 0 Å². The highest BCUT2D eigenvalue weighted by Crippen LogP contribution is 2.49. The SMILES string of the molecule is c1ccc2c(c1)sc1cccc(-c3c4ccccc4c(-c4cccc5c4oc4cc6occc6cc45)c4ccccc34)c12. The molecular weight excluding hydrogens is 545 g/mol. The van der Waals surface area contributed by atoms with Crippen molar-refractivity contribution >= 4 is 86.0 Å². The molecule has 0 saturated heterocycles. The van der Waals surface area contributed by atoms with E-state index < -0.39 is 0 Å². The van der Waals surface area contributed by atoms with E-state index in [-0.39, 0.29) is 0 Å². The summed E-state index contributed by atoms with van der Waals surface area (Å²) in [5, 5.41) is 10.9. The van der Waals surface area contributed by atoms with Gasteiger partial charge in [-0.3, -0.25) is 0 Å². The Labute approximate surface area is 250 Å². The molecule has 0 atom stereocenters. The lowest BCUT2D eigenvalue weighted by Crippen LogP contribution is -1.91. The van der Waals surface area contributed by atoms with Crippen LogP contribution in [0, 0.1) is 0 Å². The van der Waals surface area contributed by atoms with Crippen LogP contribution in [0.2, 0.25) is 0 Å². The van der Waals surface area contributed by atoms with Crippen molar-refractivity contribution in [1.82, 2.24) is 0 Å². The molecule has 0 spiro atoms. The highest BCUT2D eigenvalue weighted by atomic mass is 32.1. The first-order valence-corrected chi connectivity index (χ1v) is 15.3. The second kappa shape index (κ2) is 8.57. The van der Waals surface area contributed by atoms with Crippen LogP contribution in [-0.4, -0.2) is 0 Å². The lowest BCUT2D eigenvalue weighted by atomic mass is 9.84. The van der Waals surface area contributed by atoms with Gasteiger partial charge in [-0.25, -0.2) is 0 Å². The molecule has 200 valence electrons. The summed E-state index contributed by atoms with van der Waals surface area (Å²) in [6.07, 6.45) is 1.73. The van der Waals surface area contributed by atoms with Crippen molar-refractivity contribution in [3.63, 3.8) is 0 Å². The van der Waals surface area contributed by atoms with Crippen molar-refractivity contribution in [2.45, 2.75) is 0 Å². The Hall–Kier alpha value is -5.38. The number of benzene rings is 7. The minimum Gasteiger partial charge on any atom is -0.464 e. The Morgan fingerprint density at radius 1 is 0.442 bits per heavy atom. The average molecular weight is 567 g/mol. The zero-order valence-corrected chi connectivity index (χ0v) is 23.7. The Morgan fingerprint density at radius 2 is 1.05 bits per heavy atom. The zero-order valence-electron chi connectivity index (χ0n) is 22.9. The van der Waals surface area contributed by atoms with Crippen LogP contribution in [0.4, 0.5) is 0 Å². The van der Waals surface area contributed by atoms with E-state index in [4.69, 9.17) is 8.83 Å². The predicted molar refractivity (Wildman–Crippen MR) is 182 cm³/mol. The van der Waals surface area contributed by atoms with Gasteiger partial charge in [-0.05, 0) is 56.9 Å². The van der Waals surface area contributed by atoms with Gasteiger partial charge in [0.15, 0.2) is 0 Å². The molecule has 0 aliphatic carbocycles. The molecule has 0 amide bonds. The van der Waals surface area contributed by atoms with Gasteiger partial charge in [0, 0.05) is 53.5 Å². The van der Waals surface area contributed by atoms with E-state index in [0.29, 0.717) is 0 Å². The normalized spacial score (nSPS) is 12.2. The van der Waals surface area contributed by atoms with Crippen LogP contribution >= 0.6 is 11.3 Å². The van der Waals surface area contributed by atoms with Gasteiger partial charge in [-0.15, -0.1) is 11.3 Å². The van der Waals surface area contributed by atoms with E-state index in [1.54, 1.807) is 6.26 Å². The maximum Gasteiger partial charge on any atom is 0.143 e. The predicted octanol–water partition coefficient (Wildman–Crippen LogP) is 12.3. The fraction of sp³-hybridized carbons (Fsp3) is 0. The van der Waals surface area contributed by atoms with Gasteiger partial charge in [-0.1, -0.05) is 97.1 Å². The first-order chi connectivity index (χ1) is 21.3. The summed E-state index contributed by atoms with van der Waals surface area (Å²) in [5.74, 6) is 0. The second-order valence-electron chi connectivity index (χ2n) is 11.2. The number of para-hydroxylation sites is 1. The van der Waals surface area contributed by atoms with E-state index in [1.165, 1.54) is 58.4 Å². The van der Waals surface area contributed by atoms with Gasteiger partial charge in [0.2, 0.25) is 0 Å². The number of hydrogen-bond donors (Lipinski definition) is 0. The summed E-state index contributed by atoms with van der Waals surface area (Å²) in [6.45, 7) is 0. The van der Waals surface area contributed by atoms with Crippen LogP contribution in [0.1, 0.15) is 0 Å². The molecule has 0 fully saturated rings. The van der Waals surface area contributed by atoms with Crippen molar-refractivity contribution in [2.75, 3.05) is 0 Å². The van der Waals surface area contributed by atoms with Crippen LogP contribution in [-0.2, 0) is 0 Å². The maximum absolute atomic E-state index is 6.67. The quantitative estimate of drug-likeness (QED) is 0.195. The van der Waals surface area contributed by atoms with Gasteiger partial charge >= 0.3 is 0 Å². The van der Waals surface area contributed by atoms with Gasteiger partial charge in [0.05, 0.1) is 6.26 Å². The number of thiophene rings is 1. The Balaban J connectivity index is 1.36. The number of fused-ring (bicyclic) bond motifs is 9. The minimum atomic E-state index is 0.837. The van der Waals surface area contributed by atoms with Crippen LogP contribution < -0.4 is 0 Å². The maximum atomic E-state index is 6.67. The van der Waals surface area contributed by atoms with E-state index in [9.17, 15) is 0 Å². The topological polar surface area (TPSA) is 26.3 Å². The molecule has 3 heterocycles. The van der Waals surface area contributed by atoms with Crippen LogP contribution in [0.15, 0.2) is 142 Å². The molecule has 10 rings (SSSR count). The minimum absolute atomic E-state index is 0.837. The molecule has 0 bridgehead atoms. The third-order valence-corrected chi connectivity index (χ3v) is 10.1. The fourth-order valence-electron chi connectivity index (χ4n) is 7.14. The van der Waals surface area contributed by atoms with Crippen molar-refractivity contribution in [2.24, 2.45) is 0 Å². The molecule has 7 aromatic carbocycles. The van der Waals surface area contributed by atoms with Crippen LogP contribution in [0.25, 0.3) is 96.9 Å². The largest absolute Gasteiger partial charge is 0.464 e. The van der Waals surface area contributed by atoms with E-state index in [2.05, 4.69) is 115 Å². The van der Waals surface area contributed by atoms with E-state index >= 15 is 0 Å². The lowest BCUT2D eigenvalue weighted by Gasteiger charge is -2.18. The summed E-state index contributed by atoms with van der Waals surface area (Å²) in [7, 11) is 0. The van der Waals surface area contributed by atoms with Gasteiger partial charge in [0.25, 0.3) is 0 Å². The molecule has 2 nitrogen and oxygen atoms in total. The molecule has 0 radical (unpaired) electrons. The number of rotatable bonds is 2. The highest BCUT2D eigenvalue weighted by molar-refractivity contribution is 7.25. The Bertz CT molecular complexity index is 2680. The highest BCUT2D eigenvalue weighted by Gasteiger charge is 2.22. The first-order valence-electron chi connectivity index (χ1n) is 14.5. The summed E-state index contributed by atoms with van der Waals surface area (Å²) < 4.78 is 15.0. The molecule has 3 aromatic heterocycles. The zero-order chi connectivity index (χ0) is 28.1. The van der Waals surface area contributed by atoms with E-state index in [1.807, 2.05) is 23.5 Å². The molecule has 0 unspecified atom stereocenters. The van der Waals surface area contributed by atoms with Crippen LogP contribution in [0.5, 0.6) is 0 Å². The van der Waals surface area contributed by atoms with Crippen LogP contribution in [0.3, 0.4) is 0 Å². The average Bonchev–Trinajstić information content (AvgIpc) is 3.77. The standard InChI is InChI=1S/C40H22O2S/c1-3-11-26-24(9-1)37(30-15-8-18-36-39(30)29-13-5-6-17-35(29)43-36)25-10-2-4-12-27(25)38(26)31-16-7-14-28-32-21-23-19-20-41-33(23)22-34(32)42-40(28)31/h1-22H. The second-order valence-corrected chi connectivity index (χ2v) is 12.3. The lowest BCUT2D eigenvalue weighted by molar-refractivity contribution is 0.613. The third kappa shape index (κ3) is 3.17. The molecule has 43 heavy (non-hydrogen) atoms. The van der Waals surface area contributed by atoms with Gasteiger partial charge in [0.1, 0.15) is 16.7 Å². The number of hydrogen-bond acceptors (Lipinski definition) is 3. The molecule has 0 N–H and O–H groups in total. The van der Waals surface area contributed by atoms with Gasteiger partial charge in [-0.2, -0.15) is 0 Å². The summed E-state index contributed by atoms with van der Waals surface area (Å²) in [4.78, 5) is 0. The third-order valence-electron chi connectivity index (χ3n) is 8.94. The van der Waals surface area contributed by atoms with Crippen molar-refractivity contribution in [3.05, 3.63) is 134 Å². The monoisotopic (exact) mass is 566 g/mol. The summed E-state index contributed by atoms with van der Waals surface area (Å²) in [6, 6.07) is 46.0. The summed E-state index contributed by atoms with van der Waals surface area (Å²) in [5.41, 5.74) is 7.43. The molecular formula is C40H22O2S. The molecule has 0 saturated carbocycles. The van der Waals surface area contributed by atoms with Crippen molar-refractivity contribution < 1.29 is 8.83 Å². The first kappa shape index (κ1) is 23.2. The fourth-order valence-corrected chi connectivity index (χ4v) is 8.28. The Morgan fingerprint density at radius 3 is 1.81 bits per heavy atom. The molecule has 0 aliphatic rings.